The molecule has 0 saturated heterocycles. The van der Waals surface area contributed by atoms with Gasteiger partial charge in [-0.1, -0.05) is 36.4 Å². The maximum Gasteiger partial charge on any atom is 0.363 e. The highest BCUT2D eigenvalue weighted by atomic mass is 16.5. The van der Waals surface area contributed by atoms with E-state index in [9.17, 15) is 4.79 Å². The molecule has 132 valence electrons. The zero-order valence-electron chi connectivity index (χ0n) is 14.6. The summed E-state index contributed by atoms with van der Waals surface area (Å²) < 4.78 is 5.95. The van der Waals surface area contributed by atoms with Gasteiger partial charge in [-0.2, -0.15) is 15.2 Å². The maximum atomic E-state index is 11.2. The third kappa shape index (κ3) is 4.32. The summed E-state index contributed by atoms with van der Waals surface area (Å²) in [6, 6.07) is 15.7. The molecular formula is C19H19N5O2. The molecule has 0 saturated carbocycles. The lowest BCUT2D eigenvalue weighted by molar-refractivity contribution is 0.305. The van der Waals surface area contributed by atoms with E-state index in [0.29, 0.717) is 18.1 Å². The summed E-state index contributed by atoms with van der Waals surface area (Å²) in [4.78, 5) is 15.0. The molecule has 0 aliphatic carbocycles. The summed E-state index contributed by atoms with van der Waals surface area (Å²) in [5.41, 5.74) is 5.87. The summed E-state index contributed by atoms with van der Waals surface area (Å²) in [6.07, 6.45) is 1.62. The summed E-state index contributed by atoms with van der Waals surface area (Å²) in [5, 5.41) is 10.2. The molecule has 3 aromatic rings. The van der Waals surface area contributed by atoms with Crippen LogP contribution in [0.2, 0.25) is 0 Å². The molecular weight excluding hydrogens is 330 g/mol. The van der Waals surface area contributed by atoms with E-state index in [4.69, 9.17) is 4.74 Å². The van der Waals surface area contributed by atoms with Crippen LogP contribution in [0.1, 0.15) is 22.4 Å². The Morgan fingerprint density at radius 2 is 1.92 bits per heavy atom. The van der Waals surface area contributed by atoms with Crippen LogP contribution >= 0.6 is 0 Å². The van der Waals surface area contributed by atoms with Gasteiger partial charge in [0.1, 0.15) is 18.1 Å². The predicted molar refractivity (Wildman–Crippen MR) is 101 cm³/mol. The number of para-hydroxylation sites is 1. The van der Waals surface area contributed by atoms with Crippen molar-refractivity contribution in [3.8, 4) is 5.75 Å². The van der Waals surface area contributed by atoms with Crippen LogP contribution in [0.5, 0.6) is 5.75 Å². The first-order valence-corrected chi connectivity index (χ1v) is 8.12. The largest absolute Gasteiger partial charge is 0.488 e. The molecule has 7 heteroatoms. The number of nitrogens with zero attached hydrogens (tertiary/aromatic N) is 3. The van der Waals surface area contributed by atoms with Crippen molar-refractivity contribution in [3.63, 3.8) is 0 Å². The number of hydrogen-bond donors (Lipinski definition) is 2. The number of hydrazone groups is 1. The average molecular weight is 349 g/mol. The number of ether oxygens (including phenoxy) is 1. The van der Waals surface area contributed by atoms with Crippen LogP contribution in [-0.4, -0.2) is 21.4 Å². The molecule has 2 aromatic carbocycles. The number of aryl methyl sites for hydroxylation is 2. The number of benzene rings is 2. The molecule has 1 heterocycles. The molecule has 0 radical (unpaired) electrons. The first-order valence-electron chi connectivity index (χ1n) is 8.12. The minimum absolute atomic E-state index is 0.309. The molecule has 7 nitrogen and oxygen atoms in total. The van der Waals surface area contributed by atoms with Gasteiger partial charge in [-0.15, -0.1) is 0 Å². The molecule has 0 aliphatic heterocycles. The molecule has 2 N–H and O–H groups in total. The van der Waals surface area contributed by atoms with Crippen LogP contribution in [-0.2, 0) is 6.61 Å². The lowest BCUT2D eigenvalue weighted by Crippen LogP contribution is -2.15. The Kier molecular flexibility index (Phi) is 5.38. The van der Waals surface area contributed by atoms with E-state index in [2.05, 4.69) is 38.7 Å². The number of aromatic nitrogens is 3. The molecule has 0 bridgehead atoms. The second-order valence-electron chi connectivity index (χ2n) is 5.70. The van der Waals surface area contributed by atoms with Crippen molar-refractivity contribution >= 4 is 12.0 Å². The summed E-state index contributed by atoms with van der Waals surface area (Å²) in [7, 11) is 0. The van der Waals surface area contributed by atoms with Gasteiger partial charge in [0.15, 0.2) is 5.82 Å². The zero-order chi connectivity index (χ0) is 18.4. The Balaban J connectivity index is 1.71. The zero-order valence-corrected chi connectivity index (χ0v) is 14.6. The monoisotopic (exact) mass is 349 g/mol. The van der Waals surface area contributed by atoms with Crippen molar-refractivity contribution < 1.29 is 4.74 Å². The van der Waals surface area contributed by atoms with Crippen LogP contribution in [0, 0.1) is 13.8 Å². The third-order valence-electron chi connectivity index (χ3n) is 3.81. The van der Waals surface area contributed by atoms with Gasteiger partial charge in [0.05, 0.1) is 6.21 Å². The Morgan fingerprint density at radius 1 is 1.15 bits per heavy atom. The number of anilines is 1. The maximum absolute atomic E-state index is 11.2. The molecule has 0 aliphatic rings. The highest BCUT2D eigenvalue weighted by molar-refractivity contribution is 5.83. The Bertz CT molecular complexity index is 981. The molecule has 0 unspecified atom stereocenters. The minimum atomic E-state index is -0.532. The van der Waals surface area contributed by atoms with Crippen LogP contribution in [0.3, 0.4) is 0 Å². The van der Waals surface area contributed by atoms with Gasteiger partial charge in [-0.3, -0.25) is 5.43 Å². The second kappa shape index (κ2) is 8.06. The highest BCUT2D eigenvalue weighted by Gasteiger charge is 2.04. The van der Waals surface area contributed by atoms with E-state index in [1.54, 1.807) is 13.1 Å². The third-order valence-corrected chi connectivity index (χ3v) is 3.81. The number of rotatable bonds is 6. The fourth-order valence-electron chi connectivity index (χ4n) is 2.31. The molecule has 0 fully saturated rings. The van der Waals surface area contributed by atoms with Crippen molar-refractivity contribution in [3.05, 3.63) is 81.4 Å². The van der Waals surface area contributed by atoms with Gasteiger partial charge in [-0.05, 0) is 37.1 Å². The van der Waals surface area contributed by atoms with E-state index < -0.39 is 5.69 Å². The van der Waals surface area contributed by atoms with Crippen molar-refractivity contribution in [1.82, 2.24) is 15.2 Å². The quantitative estimate of drug-likeness (QED) is 0.527. The first kappa shape index (κ1) is 17.3. The SMILES string of the molecule is Cc1ccccc1COc1ccccc1/C=N/Nc1nc(=O)[nH]nc1C. The molecule has 0 atom stereocenters. The fourth-order valence-corrected chi connectivity index (χ4v) is 2.31. The lowest BCUT2D eigenvalue weighted by atomic mass is 10.1. The molecule has 3 rings (SSSR count). The number of hydrogen-bond acceptors (Lipinski definition) is 6. The molecule has 0 amide bonds. The minimum Gasteiger partial charge on any atom is -0.488 e. The van der Waals surface area contributed by atoms with E-state index in [1.807, 2.05) is 42.5 Å². The van der Waals surface area contributed by atoms with Gasteiger partial charge < -0.3 is 4.74 Å². The summed E-state index contributed by atoms with van der Waals surface area (Å²) >= 11 is 0. The predicted octanol–water partition coefficient (Wildman–Crippen LogP) is 2.81. The van der Waals surface area contributed by atoms with Crippen LogP contribution in [0.25, 0.3) is 0 Å². The number of nitrogens with one attached hydrogen (secondary N) is 2. The Hall–Kier alpha value is -3.48. The van der Waals surface area contributed by atoms with Crippen LogP contribution < -0.4 is 15.9 Å². The topological polar surface area (TPSA) is 92.3 Å². The van der Waals surface area contributed by atoms with E-state index >= 15 is 0 Å². The summed E-state index contributed by atoms with van der Waals surface area (Å²) in [5.74, 6) is 1.03. The fraction of sp³-hybridized carbons (Fsp3) is 0.158. The normalized spacial score (nSPS) is 10.8. The second-order valence-corrected chi connectivity index (χ2v) is 5.70. The van der Waals surface area contributed by atoms with Crippen molar-refractivity contribution in [2.45, 2.75) is 20.5 Å². The van der Waals surface area contributed by atoms with Gasteiger partial charge in [0.25, 0.3) is 0 Å². The Labute approximate surface area is 150 Å². The molecule has 26 heavy (non-hydrogen) atoms. The van der Waals surface area contributed by atoms with Crippen molar-refractivity contribution in [2.24, 2.45) is 5.10 Å². The number of aromatic amines is 1. The van der Waals surface area contributed by atoms with Gasteiger partial charge in [0, 0.05) is 5.56 Å². The van der Waals surface area contributed by atoms with Crippen LogP contribution in [0.15, 0.2) is 58.4 Å². The van der Waals surface area contributed by atoms with Gasteiger partial charge >= 0.3 is 5.69 Å². The molecule has 1 aromatic heterocycles. The first-order chi connectivity index (χ1) is 12.6. The standard InChI is InChI=1S/C19H19N5O2/c1-13-7-3-4-9-16(13)12-26-17-10-6-5-8-15(17)11-20-23-18-14(2)22-24-19(25)21-18/h3-11H,12H2,1-2H3,(H2,21,23,24,25)/b20-11+. The molecule has 0 spiro atoms. The van der Waals surface area contributed by atoms with Crippen molar-refractivity contribution in [2.75, 3.05) is 5.43 Å². The van der Waals surface area contributed by atoms with Gasteiger partial charge in [-0.25, -0.2) is 9.89 Å². The Morgan fingerprint density at radius 3 is 2.77 bits per heavy atom. The van der Waals surface area contributed by atoms with E-state index in [1.165, 1.54) is 5.56 Å². The van der Waals surface area contributed by atoms with Crippen molar-refractivity contribution in [1.29, 1.82) is 0 Å². The van der Waals surface area contributed by atoms with E-state index in [0.717, 1.165) is 16.9 Å². The highest BCUT2D eigenvalue weighted by Crippen LogP contribution is 2.19. The lowest BCUT2D eigenvalue weighted by Gasteiger charge is -2.10. The van der Waals surface area contributed by atoms with Gasteiger partial charge in [0.2, 0.25) is 0 Å². The summed E-state index contributed by atoms with van der Waals surface area (Å²) in [6.45, 7) is 4.25. The number of H-pyrrole nitrogens is 1. The average Bonchev–Trinajstić information content (AvgIpc) is 2.65. The smallest absolute Gasteiger partial charge is 0.363 e. The van der Waals surface area contributed by atoms with Crippen LogP contribution in [0.4, 0.5) is 5.82 Å². The van der Waals surface area contributed by atoms with E-state index in [-0.39, 0.29) is 0 Å².